The summed E-state index contributed by atoms with van der Waals surface area (Å²) in [6.07, 6.45) is 0.263. The summed E-state index contributed by atoms with van der Waals surface area (Å²) >= 11 is 0. The van der Waals surface area contributed by atoms with Crippen molar-refractivity contribution in [1.29, 1.82) is 0 Å². The van der Waals surface area contributed by atoms with E-state index in [-0.39, 0.29) is 24.5 Å². The zero-order chi connectivity index (χ0) is 12.7. The number of carbonyl (C=O) groups excluding carboxylic acids is 1. The van der Waals surface area contributed by atoms with Gasteiger partial charge in [0.25, 0.3) is 5.91 Å². The van der Waals surface area contributed by atoms with Crippen molar-refractivity contribution in [3.8, 4) is 0 Å². The number of carboxylic acid groups (broad SMARTS) is 1. The third-order valence-corrected chi connectivity index (χ3v) is 2.06. The number of carbonyl (C=O) groups is 2. The van der Waals surface area contributed by atoms with Crippen molar-refractivity contribution in [2.24, 2.45) is 0 Å². The van der Waals surface area contributed by atoms with Gasteiger partial charge in [0.2, 0.25) is 0 Å². The van der Waals surface area contributed by atoms with Crippen molar-refractivity contribution < 1.29 is 23.8 Å². The molecule has 94 valence electrons. The Hall–Kier alpha value is -1.82. The SMILES string of the molecule is COCCNC(=O)c1ccc(CCC(=O)O)o1. The molecule has 0 spiro atoms. The normalized spacial score (nSPS) is 10.2. The molecule has 0 saturated carbocycles. The van der Waals surface area contributed by atoms with Crippen molar-refractivity contribution in [2.75, 3.05) is 20.3 Å². The van der Waals surface area contributed by atoms with Crippen LogP contribution in [0, 0.1) is 0 Å². The molecule has 1 rings (SSSR count). The predicted octanol–water partition coefficient (Wildman–Crippen LogP) is 0.673. The number of ether oxygens (including phenoxy) is 1. The smallest absolute Gasteiger partial charge is 0.303 e. The number of methoxy groups -OCH3 is 1. The Morgan fingerprint density at radius 3 is 2.88 bits per heavy atom. The number of rotatable bonds is 7. The monoisotopic (exact) mass is 241 g/mol. The van der Waals surface area contributed by atoms with Gasteiger partial charge in [0, 0.05) is 20.1 Å². The van der Waals surface area contributed by atoms with E-state index in [2.05, 4.69) is 5.32 Å². The molecular formula is C11H15NO5. The minimum absolute atomic E-state index is 0.0156. The molecule has 0 aliphatic rings. The van der Waals surface area contributed by atoms with Crippen LogP contribution >= 0.6 is 0 Å². The average Bonchev–Trinajstić information content (AvgIpc) is 2.75. The molecule has 0 unspecified atom stereocenters. The van der Waals surface area contributed by atoms with Crippen molar-refractivity contribution in [1.82, 2.24) is 5.32 Å². The lowest BCUT2D eigenvalue weighted by Crippen LogP contribution is -2.26. The lowest BCUT2D eigenvalue weighted by molar-refractivity contribution is -0.137. The first-order valence-corrected chi connectivity index (χ1v) is 5.21. The molecule has 6 nitrogen and oxygen atoms in total. The molecule has 2 N–H and O–H groups in total. The summed E-state index contributed by atoms with van der Waals surface area (Å²) in [5.41, 5.74) is 0. The second-order valence-corrected chi connectivity index (χ2v) is 3.41. The van der Waals surface area contributed by atoms with E-state index in [1.807, 2.05) is 0 Å². The molecule has 0 fully saturated rings. The zero-order valence-corrected chi connectivity index (χ0v) is 9.56. The number of aliphatic carboxylic acids is 1. The first-order chi connectivity index (χ1) is 8.13. The number of hydrogen-bond donors (Lipinski definition) is 2. The highest BCUT2D eigenvalue weighted by Crippen LogP contribution is 2.09. The highest BCUT2D eigenvalue weighted by atomic mass is 16.5. The van der Waals surface area contributed by atoms with Crippen LogP contribution in [0.2, 0.25) is 0 Å². The lowest BCUT2D eigenvalue weighted by Gasteiger charge is -2.01. The summed E-state index contributed by atoms with van der Waals surface area (Å²) in [4.78, 5) is 21.8. The molecule has 1 aromatic heterocycles. The molecule has 1 aromatic rings. The van der Waals surface area contributed by atoms with E-state index >= 15 is 0 Å². The number of nitrogens with one attached hydrogen (secondary N) is 1. The van der Waals surface area contributed by atoms with E-state index in [1.54, 1.807) is 13.2 Å². The third-order valence-electron chi connectivity index (χ3n) is 2.06. The number of amides is 1. The van der Waals surface area contributed by atoms with Gasteiger partial charge in [-0.1, -0.05) is 0 Å². The summed E-state index contributed by atoms with van der Waals surface area (Å²) in [5, 5.41) is 11.1. The van der Waals surface area contributed by atoms with Crippen molar-refractivity contribution >= 4 is 11.9 Å². The zero-order valence-electron chi connectivity index (χ0n) is 9.56. The number of aryl methyl sites for hydroxylation is 1. The van der Waals surface area contributed by atoms with Crippen LogP contribution in [0.4, 0.5) is 0 Å². The molecule has 1 heterocycles. The molecule has 0 aliphatic heterocycles. The van der Waals surface area contributed by atoms with E-state index in [0.29, 0.717) is 18.9 Å². The van der Waals surface area contributed by atoms with E-state index in [0.717, 1.165) is 0 Å². The van der Waals surface area contributed by atoms with Crippen LogP contribution in [0.1, 0.15) is 22.7 Å². The van der Waals surface area contributed by atoms with Gasteiger partial charge in [-0.3, -0.25) is 9.59 Å². The molecule has 0 bridgehead atoms. The molecule has 0 aromatic carbocycles. The van der Waals surface area contributed by atoms with Crippen LogP contribution in [-0.2, 0) is 16.0 Å². The fourth-order valence-electron chi connectivity index (χ4n) is 1.22. The van der Waals surface area contributed by atoms with Crippen molar-refractivity contribution in [3.63, 3.8) is 0 Å². The largest absolute Gasteiger partial charge is 0.481 e. The van der Waals surface area contributed by atoms with Crippen LogP contribution in [0.15, 0.2) is 16.5 Å². The number of hydrogen-bond acceptors (Lipinski definition) is 4. The standard InChI is InChI=1S/C11H15NO5/c1-16-7-6-12-11(15)9-4-2-8(17-9)3-5-10(13)14/h2,4H,3,5-7H2,1H3,(H,12,15)(H,13,14). The highest BCUT2D eigenvalue weighted by molar-refractivity contribution is 5.91. The lowest BCUT2D eigenvalue weighted by atomic mass is 10.2. The molecule has 1 amide bonds. The topological polar surface area (TPSA) is 88.8 Å². The molecule has 0 saturated heterocycles. The van der Waals surface area contributed by atoms with Crippen LogP contribution in [0.3, 0.4) is 0 Å². The first-order valence-electron chi connectivity index (χ1n) is 5.21. The van der Waals surface area contributed by atoms with Gasteiger partial charge in [0.15, 0.2) is 5.76 Å². The van der Waals surface area contributed by atoms with Gasteiger partial charge in [-0.25, -0.2) is 0 Å². The Morgan fingerprint density at radius 2 is 2.24 bits per heavy atom. The summed E-state index contributed by atoms with van der Waals surface area (Å²) in [6.45, 7) is 0.832. The van der Waals surface area contributed by atoms with Gasteiger partial charge >= 0.3 is 5.97 Å². The number of furan rings is 1. The van der Waals surface area contributed by atoms with Gasteiger partial charge in [-0.15, -0.1) is 0 Å². The fraction of sp³-hybridized carbons (Fsp3) is 0.455. The summed E-state index contributed by atoms with van der Waals surface area (Å²) in [7, 11) is 1.54. The van der Waals surface area contributed by atoms with Gasteiger partial charge in [0.1, 0.15) is 5.76 Å². The van der Waals surface area contributed by atoms with Gasteiger partial charge in [-0.2, -0.15) is 0 Å². The Bertz CT molecular complexity index is 385. The van der Waals surface area contributed by atoms with E-state index in [9.17, 15) is 9.59 Å². The highest BCUT2D eigenvalue weighted by Gasteiger charge is 2.11. The predicted molar refractivity (Wildman–Crippen MR) is 58.9 cm³/mol. The van der Waals surface area contributed by atoms with Crippen molar-refractivity contribution in [3.05, 3.63) is 23.7 Å². The maximum absolute atomic E-state index is 11.5. The molecule has 0 radical (unpaired) electrons. The van der Waals surface area contributed by atoms with Crippen LogP contribution in [0.25, 0.3) is 0 Å². The van der Waals surface area contributed by atoms with Crippen LogP contribution in [-0.4, -0.2) is 37.2 Å². The Kier molecular flexibility index (Phi) is 5.22. The molecule has 6 heteroatoms. The average molecular weight is 241 g/mol. The van der Waals surface area contributed by atoms with Crippen molar-refractivity contribution in [2.45, 2.75) is 12.8 Å². The summed E-state index contributed by atoms with van der Waals surface area (Å²) < 4.78 is 10.00. The molecular weight excluding hydrogens is 226 g/mol. The Labute approximate surface area is 98.6 Å². The third kappa shape index (κ3) is 4.69. The van der Waals surface area contributed by atoms with E-state index in [1.165, 1.54) is 6.07 Å². The maximum atomic E-state index is 11.5. The van der Waals surface area contributed by atoms with E-state index in [4.69, 9.17) is 14.3 Å². The second-order valence-electron chi connectivity index (χ2n) is 3.41. The van der Waals surface area contributed by atoms with Crippen LogP contribution < -0.4 is 5.32 Å². The quantitative estimate of drug-likeness (QED) is 0.685. The molecule has 17 heavy (non-hydrogen) atoms. The van der Waals surface area contributed by atoms with Gasteiger partial charge < -0.3 is 19.6 Å². The minimum atomic E-state index is -0.896. The first kappa shape index (κ1) is 13.2. The summed E-state index contributed by atoms with van der Waals surface area (Å²) in [6, 6.07) is 3.13. The van der Waals surface area contributed by atoms with Crippen LogP contribution in [0.5, 0.6) is 0 Å². The van der Waals surface area contributed by atoms with Gasteiger partial charge in [0.05, 0.1) is 13.0 Å². The molecule has 0 atom stereocenters. The second kappa shape index (κ2) is 6.70. The van der Waals surface area contributed by atoms with Gasteiger partial charge in [-0.05, 0) is 12.1 Å². The Morgan fingerprint density at radius 1 is 1.47 bits per heavy atom. The Balaban J connectivity index is 2.43. The summed E-state index contributed by atoms with van der Waals surface area (Å²) in [5.74, 6) is -0.554. The molecule has 0 aliphatic carbocycles. The maximum Gasteiger partial charge on any atom is 0.303 e. The number of carboxylic acids is 1. The minimum Gasteiger partial charge on any atom is -0.481 e. The van der Waals surface area contributed by atoms with E-state index < -0.39 is 5.97 Å². The fourth-order valence-corrected chi connectivity index (χ4v) is 1.22.